The van der Waals surface area contributed by atoms with Crippen LogP contribution in [0.15, 0.2) is 35.4 Å². The number of para-hydroxylation sites is 1. The number of amides is 1. The lowest BCUT2D eigenvalue weighted by atomic mass is 9.88. The van der Waals surface area contributed by atoms with Gasteiger partial charge in [0.15, 0.2) is 0 Å². The number of rotatable bonds is 7. The quantitative estimate of drug-likeness (QED) is 0.809. The fourth-order valence-electron chi connectivity index (χ4n) is 2.47. The number of carbonyl (C=O) groups is 1. The summed E-state index contributed by atoms with van der Waals surface area (Å²) in [4.78, 5) is 28.6. The van der Waals surface area contributed by atoms with Crippen molar-refractivity contribution in [1.29, 1.82) is 0 Å². The van der Waals surface area contributed by atoms with E-state index in [2.05, 4.69) is 10.3 Å². The smallest absolute Gasteiger partial charge is 0.261 e. The van der Waals surface area contributed by atoms with Crippen molar-refractivity contribution in [2.24, 2.45) is 5.92 Å². The Hall–Kier alpha value is -2.21. The maximum absolute atomic E-state index is 12.3. The number of aryl methyl sites for hydroxylation is 1. The van der Waals surface area contributed by atoms with E-state index in [4.69, 9.17) is 0 Å². The van der Waals surface area contributed by atoms with Gasteiger partial charge >= 0.3 is 0 Å². The number of nitrogens with zero attached hydrogens (tertiary/aromatic N) is 2. The Morgan fingerprint density at radius 1 is 1.42 bits per heavy atom. The Labute approximate surface area is 141 Å². The van der Waals surface area contributed by atoms with Crippen molar-refractivity contribution in [2.75, 3.05) is 6.54 Å². The number of aliphatic hydroxyl groups is 1. The molecular formula is C18H25N3O3. The minimum absolute atomic E-state index is 0.0881. The third-order valence-corrected chi connectivity index (χ3v) is 4.63. The molecule has 1 aromatic carbocycles. The molecule has 130 valence electrons. The minimum Gasteiger partial charge on any atom is -0.388 e. The van der Waals surface area contributed by atoms with Crippen LogP contribution in [0.1, 0.15) is 33.6 Å². The molecule has 2 atom stereocenters. The topological polar surface area (TPSA) is 84.2 Å². The Morgan fingerprint density at radius 3 is 2.83 bits per heavy atom. The van der Waals surface area contributed by atoms with Gasteiger partial charge in [-0.2, -0.15) is 0 Å². The van der Waals surface area contributed by atoms with Crippen LogP contribution in [-0.2, 0) is 11.3 Å². The standard InChI is InChI=1S/C18H25N3O3/c1-4-13(2)18(3,24)11-19-16(22)9-10-21-12-20-15-8-6-5-7-14(15)17(21)23/h5-8,12-13,24H,4,9-11H2,1-3H3,(H,19,22). The second-order valence-corrected chi connectivity index (χ2v) is 6.45. The molecule has 0 fully saturated rings. The van der Waals surface area contributed by atoms with E-state index in [1.807, 2.05) is 19.9 Å². The van der Waals surface area contributed by atoms with E-state index in [0.29, 0.717) is 10.9 Å². The van der Waals surface area contributed by atoms with Gasteiger partial charge in [0.2, 0.25) is 5.91 Å². The molecular weight excluding hydrogens is 306 g/mol. The van der Waals surface area contributed by atoms with Gasteiger partial charge in [-0.15, -0.1) is 0 Å². The highest BCUT2D eigenvalue weighted by Gasteiger charge is 2.27. The molecule has 1 aromatic heterocycles. The predicted molar refractivity (Wildman–Crippen MR) is 93.7 cm³/mol. The molecule has 0 aliphatic rings. The summed E-state index contributed by atoms with van der Waals surface area (Å²) in [7, 11) is 0. The zero-order valence-corrected chi connectivity index (χ0v) is 14.5. The van der Waals surface area contributed by atoms with E-state index >= 15 is 0 Å². The predicted octanol–water partition coefficient (Wildman–Crippen LogP) is 1.70. The van der Waals surface area contributed by atoms with Crippen molar-refractivity contribution in [1.82, 2.24) is 14.9 Å². The summed E-state index contributed by atoms with van der Waals surface area (Å²) in [5, 5.41) is 13.6. The number of nitrogens with one attached hydrogen (secondary N) is 1. The molecule has 2 rings (SSSR count). The third-order valence-electron chi connectivity index (χ3n) is 4.63. The molecule has 2 unspecified atom stereocenters. The molecule has 0 aliphatic carbocycles. The summed E-state index contributed by atoms with van der Waals surface area (Å²) in [6.45, 7) is 6.13. The van der Waals surface area contributed by atoms with E-state index in [1.165, 1.54) is 10.9 Å². The average molecular weight is 331 g/mol. The van der Waals surface area contributed by atoms with Gasteiger partial charge in [0.1, 0.15) is 0 Å². The molecule has 0 aliphatic heterocycles. The maximum atomic E-state index is 12.3. The van der Waals surface area contributed by atoms with Gasteiger partial charge in [-0.25, -0.2) is 4.98 Å². The van der Waals surface area contributed by atoms with Crippen LogP contribution < -0.4 is 10.9 Å². The highest BCUT2D eigenvalue weighted by Crippen LogP contribution is 2.18. The van der Waals surface area contributed by atoms with Gasteiger partial charge in [-0.05, 0) is 25.0 Å². The zero-order valence-electron chi connectivity index (χ0n) is 14.5. The molecule has 0 radical (unpaired) electrons. The first-order valence-electron chi connectivity index (χ1n) is 8.28. The average Bonchev–Trinajstić information content (AvgIpc) is 2.59. The minimum atomic E-state index is -0.939. The SMILES string of the molecule is CCC(C)C(C)(O)CNC(=O)CCn1cnc2ccccc2c1=O. The van der Waals surface area contributed by atoms with Gasteiger partial charge in [-0.3, -0.25) is 14.2 Å². The molecule has 24 heavy (non-hydrogen) atoms. The fourth-order valence-corrected chi connectivity index (χ4v) is 2.47. The summed E-state index contributed by atoms with van der Waals surface area (Å²) >= 11 is 0. The molecule has 0 bridgehead atoms. The van der Waals surface area contributed by atoms with Crippen molar-refractivity contribution in [2.45, 2.75) is 45.8 Å². The molecule has 0 spiro atoms. The van der Waals surface area contributed by atoms with Crippen LogP contribution in [0.3, 0.4) is 0 Å². The van der Waals surface area contributed by atoms with Crippen molar-refractivity contribution in [3.63, 3.8) is 0 Å². The summed E-state index contributed by atoms with van der Waals surface area (Å²) < 4.78 is 1.44. The first-order valence-corrected chi connectivity index (χ1v) is 8.28. The normalized spacial score (nSPS) is 15.0. The third kappa shape index (κ3) is 4.20. The largest absolute Gasteiger partial charge is 0.388 e. The van der Waals surface area contributed by atoms with Crippen LogP contribution in [0, 0.1) is 5.92 Å². The highest BCUT2D eigenvalue weighted by molar-refractivity contribution is 5.77. The maximum Gasteiger partial charge on any atom is 0.261 e. The lowest BCUT2D eigenvalue weighted by Crippen LogP contribution is -2.45. The van der Waals surface area contributed by atoms with Crippen LogP contribution in [0.2, 0.25) is 0 Å². The van der Waals surface area contributed by atoms with Gasteiger partial charge in [-0.1, -0.05) is 32.4 Å². The van der Waals surface area contributed by atoms with Gasteiger partial charge in [0.05, 0.1) is 22.8 Å². The Kier molecular flexibility index (Phi) is 5.72. The van der Waals surface area contributed by atoms with Crippen LogP contribution in [0.25, 0.3) is 10.9 Å². The Morgan fingerprint density at radius 2 is 2.12 bits per heavy atom. The first-order chi connectivity index (χ1) is 11.3. The number of benzene rings is 1. The summed E-state index contributed by atoms with van der Waals surface area (Å²) in [5.41, 5.74) is -0.445. The lowest BCUT2D eigenvalue weighted by molar-refractivity contribution is -0.123. The van der Waals surface area contributed by atoms with Crippen LogP contribution in [-0.4, -0.2) is 32.7 Å². The number of hydrogen-bond donors (Lipinski definition) is 2. The second kappa shape index (κ2) is 7.57. The zero-order chi connectivity index (χ0) is 17.7. The first kappa shape index (κ1) is 18.1. The molecule has 6 nitrogen and oxygen atoms in total. The molecule has 6 heteroatoms. The molecule has 1 heterocycles. The molecule has 1 amide bonds. The van der Waals surface area contributed by atoms with Gasteiger partial charge in [0.25, 0.3) is 5.56 Å². The Bertz CT molecular complexity index is 767. The van der Waals surface area contributed by atoms with Gasteiger partial charge < -0.3 is 10.4 Å². The van der Waals surface area contributed by atoms with E-state index < -0.39 is 5.60 Å². The van der Waals surface area contributed by atoms with E-state index in [9.17, 15) is 14.7 Å². The molecule has 2 aromatic rings. The number of carbonyl (C=O) groups excluding carboxylic acids is 1. The van der Waals surface area contributed by atoms with Crippen LogP contribution in [0.5, 0.6) is 0 Å². The Balaban J connectivity index is 1.95. The molecule has 0 saturated carbocycles. The second-order valence-electron chi connectivity index (χ2n) is 6.45. The number of aromatic nitrogens is 2. The summed E-state index contributed by atoms with van der Waals surface area (Å²) in [6.07, 6.45) is 2.46. The van der Waals surface area contributed by atoms with Crippen molar-refractivity contribution >= 4 is 16.8 Å². The number of fused-ring (bicyclic) bond motifs is 1. The van der Waals surface area contributed by atoms with E-state index in [0.717, 1.165) is 6.42 Å². The van der Waals surface area contributed by atoms with Gasteiger partial charge in [0, 0.05) is 19.5 Å². The van der Waals surface area contributed by atoms with Crippen LogP contribution >= 0.6 is 0 Å². The summed E-state index contributed by atoms with van der Waals surface area (Å²) in [5.74, 6) is -0.108. The number of hydrogen-bond acceptors (Lipinski definition) is 4. The van der Waals surface area contributed by atoms with E-state index in [-0.39, 0.29) is 36.9 Å². The fraction of sp³-hybridized carbons (Fsp3) is 0.500. The molecule has 2 N–H and O–H groups in total. The summed E-state index contributed by atoms with van der Waals surface area (Å²) in [6, 6.07) is 7.13. The monoisotopic (exact) mass is 331 g/mol. The van der Waals surface area contributed by atoms with Crippen LogP contribution in [0.4, 0.5) is 0 Å². The molecule has 0 saturated heterocycles. The van der Waals surface area contributed by atoms with Crippen molar-refractivity contribution in [3.8, 4) is 0 Å². The lowest BCUT2D eigenvalue weighted by Gasteiger charge is -2.29. The highest BCUT2D eigenvalue weighted by atomic mass is 16.3. The van der Waals surface area contributed by atoms with E-state index in [1.54, 1.807) is 25.1 Å². The van der Waals surface area contributed by atoms with Crippen molar-refractivity contribution in [3.05, 3.63) is 40.9 Å². The van der Waals surface area contributed by atoms with Crippen molar-refractivity contribution < 1.29 is 9.90 Å².